The van der Waals surface area contributed by atoms with E-state index < -0.39 is 12.2 Å². The first-order chi connectivity index (χ1) is 9.54. The Labute approximate surface area is 124 Å². The van der Waals surface area contributed by atoms with Crippen LogP contribution in [0.1, 0.15) is 37.5 Å². The highest BCUT2D eigenvalue weighted by molar-refractivity contribution is 8.13. The Morgan fingerprint density at radius 1 is 1.40 bits per heavy atom. The van der Waals surface area contributed by atoms with Crippen LogP contribution in [-0.2, 0) is 11.3 Å². The third-order valence-corrected chi connectivity index (χ3v) is 3.80. The lowest BCUT2D eigenvalue weighted by Gasteiger charge is -2.18. The normalized spacial score (nSPS) is 14.0. The largest absolute Gasteiger partial charge is 0.390 e. The number of carbonyl (C=O) groups excluding carboxylic acids is 1. The van der Waals surface area contributed by atoms with Crippen molar-refractivity contribution in [2.75, 3.05) is 12.3 Å². The highest BCUT2D eigenvalue weighted by Crippen LogP contribution is 2.21. The molecule has 0 aliphatic carbocycles. The number of nitrogens with one attached hydrogen (secondary N) is 1. The first-order valence-electron chi connectivity index (χ1n) is 6.83. The van der Waals surface area contributed by atoms with Crippen molar-refractivity contribution in [1.29, 1.82) is 0 Å². The molecule has 0 saturated carbocycles. The van der Waals surface area contributed by atoms with Crippen LogP contribution in [0.4, 0.5) is 0 Å². The summed E-state index contributed by atoms with van der Waals surface area (Å²) in [5.41, 5.74) is 1.79. The molecule has 5 heteroatoms. The summed E-state index contributed by atoms with van der Waals surface area (Å²) in [5, 5.41) is 23.3. The number of carbonyl (C=O) groups is 1. The van der Waals surface area contributed by atoms with Gasteiger partial charge < -0.3 is 15.5 Å². The summed E-state index contributed by atoms with van der Waals surface area (Å²) in [6.07, 6.45) is -1.37. The van der Waals surface area contributed by atoms with Gasteiger partial charge in [0.25, 0.3) is 0 Å². The van der Waals surface area contributed by atoms with Gasteiger partial charge in [-0.3, -0.25) is 4.79 Å². The predicted octanol–water partition coefficient (Wildman–Crippen LogP) is 1.86. The summed E-state index contributed by atoms with van der Waals surface area (Å²) >= 11 is 1.17. The molecule has 0 aliphatic heterocycles. The summed E-state index contributed by atoms with van der Waals surface area (Å²) < 4.78 is 0. The van der Waals surface area contributed by atoms with Crippen LogP contribution in [0.3, 0.4) is 0 Å². The SMILES string of the molecule is CCNCc1cccc(C(O)C(O)CCSC(C)=O)c1. The highest BCUT2D eigenvalue weighted by Gasteiger charge is 2.18. The van der Waals surface area contributed by atoms with Gasteiger partial charge in [0.1, 0.15) is 6.10 Å². The van der Waals surface area contributed by atoms with Crippen LogP contribution in [0, 0.1) is 0 Å². The lowest BCUT2D eigenvalue weighted by atomic mass is 10.0. The van der Waals surface area contributed by atoms with Crippen molar-refractivity contribution in [2.45, 2.75) is 39.0 Å². The maximum Gasteiger partial charge on any atom is 0.185 e. The number of aliphatic hydroxyl groups is 2. The number of benzene rings is 1. The van der Waals surface area contributed by atoms with Crippen LogP contribution < -0.4 is 5.32 Å². The lowest BCUT2D eigenvalue weighted by Crippen LogP contribution is -2.19. The average Bonchev–Trinajstić information content (AvgIpc) is 2.44. The molecule has 1 aromatic rings. The van der Waals surface area contributed by atoms with E-state index >= 15 is 0 Å². The van der Waals surface area contributed by atoms with Crippen molar-refractivity contribution in [3.63, 3.8) is 0 Å². The Kier molecular flexibility index (Phi) is 7.84. The zero-order valence-corrected chi connectivity index (χ0v) is 12.8. The first-order valence-corrected chi connectivity index (χ1v) is 7.82. The number of hydrogen-bond donors (Lipinski definition) is 3. The van der Waals surface area contributed by atoms with E-state index in [2.05, 4.69) is 5.32 Å². The maximum atomic E-state index is 10.8. The molecule has 1 aromatic carbocycles. The number of rotatable bonds is 8. The predicted molar refractivity (Wildman–Crippen MR) is 82.5 cm³/mol. The van der Waals surface area contributed by atoms with E-state index in [1.54, 1.807) is 6.07 Å². The summed E-state index contributed by atoms with van der Waals surface area (Å²) in [5.74, 6) is 0.518. The Morgan fingerprint density at radius 3 is 2.80 bits per heavy atom. The van der Waals surface area contributed by atoms with Gasteiger partial charge in [-0.1, -0.05) is 43.0 Å². The third-order valence-electron chi connectivity index (χ3n) is 2.96. The van der Waals surface area contributed by atoms with Gasteiger partial charge in [0.15, 0.2) is 5.12 Å². The number of hydrogen-bond acceptors (Lipinski definition) is 5. The molecule has 0 bridgehead atoms. The summed E-state index contributed by atoms with van der Waals surface area (Å²) in [7, 11) is 0. The summed E-state index contributed by atoms with van der Waals surface area (Å²) in [6, 6.07) is 7.56. The van der Waals surface area contributed by atoms with Crippen molar-refractivity contribution in [1.82, 2.24) is 5.32 Å². The second kappa shape index (κ2) is 9.13. The molecule has 0 heterocycles. The fourth-order valence-electron chi connectivity index (χ4n) is 1.86. The fourth-order valence-corrected chi connectivity index (χ4v) is 2.51. The summed E-state index contributed by atoms with van der Waals surface area (Å²) in [4.78, 5) is 10.8. The molecule has 0 amide bonds. The molecule has 2 unspecified atom stereocenters. The first kappa shape index (κ1) is 17.2. The molecule has 0 aliphatic rings. The minimum absolute atomic E-state index is 0.0272. The molecule has 2 atom stereocenters. The van der Waals surface area contributed by atoms with Gasteiger partial charge in [-0.25, -0.2) is 0 Å². The quantitative estimate of drug-likeness (QED) is 0.683. The van der Waals surface area contributed by atoms with Crippen LogP contribution in [-0.4, -0.2) is 33.7 Å². The standard InChI is InChI=1S/C15H23NO3S/c1-3-16-10-12-5-4-6-13(9-12)15(19)14(18)7-8-20-11(2)17/h4-6,9,14-16,18-19H,3,7-8,10H2,1-2H3. The van der Waals surface area contributed by atoms with Gasteiger partial charge >= 0.3 is 0 Å². The van der Waals surface area contributed by atoms with E-state index in [-0.39, 0.29) is 5.12 Å². The molecule has 4 nitrogen and oxygen atoms in total. The van der Waals surface area contributed by atoms with Gasteiger partial charge in [0, 0.05) is 19.2 Å². The van der Waals surface area contributed by atoms with Crippen molar-refractivity contribution in [3.05, 3.63) is 35.4 Å². The third kappa shape index (κ3) is 6.05. The van der Waals surface area contributed by atoms with Gasteiger partial charge in [0.2, 0.25) is 0 Å². The van der Waals surface area contributed by atoms with E-state index in [0.717, 1.165) is 18.7 Å². The highest BCUT2D eigenvalue weighted by atomic mass is 32.2. The molecule has 0 aromatic heterocycles. The smallest absolute Gasteiger partial charge is 0.185 e. The topological polar surface area (TPSA) is 69.6 Å². The van der Waals surface area contributed by atoms with E-state index in [1.807, 2.05) is 25.1 Å². The Hall–Kier alpha value is -0.880. The molecule has 0 spiro atoms. The maximum absolute atomic E-state index is 10.8. The van der Waals surface area contributed by atoms with Crippen LogP contribution in [0.25, 0.3) is 0 Å². The molecular weight excluding hydrogens is 274 g/mol. The number of aliphatic hydroxyl groups excluding tert-OH is 2. The Morgan fingerprint density at radius 2 is 2.15 bits per heavy atom. The van der Waals surface area contributed by atoms with E-state index in [1.165, 1.54) is 18.7 Å². The Bertz CT molecular complexity index is 425. The zero-order chi connectivity index (χ0) is 15.0. The molecule has 3 N–H and O–H groups in total. The lowest BCUT2D eigenvalue weighted by molar-refractivity contribution is -0.109. The van der Waals surface area contributed by atoms with E-state index in [0.29, 0.717) is 17.7 Å². The molecular formula is C15H23NO3S. The van der Waals surface area contributed by atoms with Gasteiger partial charge in [-0.2, -0.15) is 0 Å². The second-order valence-electron chi connectivity index (χ2n) is 4.67. The van der Waals surface area contributed by atoms with Gasteiger partial charge in [-0.15, -0.1) is 0 Å². The molecule has 0 radical (unpaired) electrons. The van der Waals surface area contributed by atoms with Crippen molar-refractivity contribution in [2.24, 2.45) is 0 Å². The average molecular weight is 297 g/mol. The minimum Gasteiger partial charge on any atom is -0.390 e. The molecule has 20 heavy (non-hydrogen) atoms. The van der Waals surface area contributed by atoms with Crippen LogP contribution in [0.15, 0.2) is 24.3 Å². The molecule has 112 valence electrons. The molecule has 0 fully saturated rings. The molecule has 1 rings (SSSR count). The molecule has 0 saturated heterocycles. The fraction of sp³-hybridized carbons (Fsp3) is 0.533. The van der Waals surface area contributed by atoms with Crippen molar-refractivity contribution in [3.8, 4) is 0 Å². The zero-order valence-electron chi connectivity index (χ0n) is 12.0. The van der Waals surface area contributed by atoms with Crippen molar-refractivity contribution >= 4 is 16.9 Å². The monoisotopic (exact) mass is 297 g/mol. The van der Waals surface area contributed by atoms with Crippen LogP contribution in [0.5, 0.6) is 0 Å². The Balaban J connectivity index is 2.56. The van der Waals surface area contributed by atoms with Crippen LogP contribution in [0.2, 0.25) is 0 Å². The summed E-state index contributed by atoms with van der Waals surface area (Å²) in [6.45, 7) is 5.16. The van der Waals surface area contributed by atoms with Gasteiger partial charge in [-0.05, 0) is 24.1 Å². The second-order valence-corrected chi connectivity index (χ2v) is 5.94. The van der Waals surface area contributed by atoms with Crippen LogP contribution >= 0.6 is 11.8 Å². The van der Waals surface area contributed by atoms with E-state index in [9.17, 15) is 15.0 Å². The van der Waals surface area contributed by atoms with Crippen molar-refractivity contribution < 1.29 is 15.0 Å². The number of thioether (sulfide) groups is 1. The minimum atomic E-state index is -0.913. The van der Waals surface area contributed by atoms with E-state index in [4.69, 9.17) is 0 Å². The van der Waals surface area contributed by atoms with Gasteiger partial charge in [0.05, 0.1) is 6.10 Å².